The highest BCUT2D eigenvalue weighted by molar-refractivity contribution is 5.93. The summed E-state index contributed by atoms with van der Waals surface area (Å²) in [5, 5.41) is 9.33. The van der Waals surface area contributed by atoms with Crippen molar-refractivity contribution in [2.45, 2.75) is 45.1 Å². The van der Waals surface area contributed by atoms with E-state index in [1.165, 1.54) is 7.11 Å². The number of esters is 1. The Morgan fingerprint density at radius 1 is 1.44 bits per heavy atom. The quantitative estimate of drug-likeness (QED) is 0.732. The highest BCUT2D eigenvalue weighted by atomic mass is 19.3. The molecule has 1 unspecified atom stereocenters. The van der Waals surface area contributed by atoms with Crippen LogP contribution in [0, 0.1) is 23.7 Å². The molecule has 2 fully saturated rings. The first-order chi connectivity index (χ1) is 12.7. The largest absolute Gasteiger partial charge is 0.465 e. The molecule has 146 valence electrons. The number of piperidine rings is 1. The number of ether oxygens (including phenoxy) is 2. The van der Waals surface area contributed by atoms with Gasteiger partial charge in [0.05, 0.1) is 30.8 Å². The molecule has 1 aliphatic carbocycles. The van der Waals surface area contributed by atoms with E-state index in [-0.39, 0.29) is 30.4 Å². The van der Waals surface area contributed by atoms with E-state index in [9.17, 15) is 18.8 Å². The Morgan fingerprint density at radius 3 is 2.59 bits per heavy atom. The number of halogens is 2. The van der Waals surface area contributed by atoms with Crippen molar-refractivity contribution in [3.63, 3.8) is 0 Å². The topological polar surface area (TPSA) is 75.4 Å². The van der Waals surface area contributed by atoms with Gasteiger partial charge in [0.25, 0.3) is 5.92 Å². The van der Waals surface area contributed by atoms with Crippen LogP contribution in [0.5, 0.6) is 0 Å². The lowest BCUT2D eigenvalue weighted by Gasteiger charge is -2.33. The maximum absolute atomic E-state index is 13.3. The van der Waals surface area contributed by atoms with Crippen LogP contribution in [0.2, 0.25) is 0 Å². The lowest BCUT2D eigenvalue weighted by Crippen LogP contribution is -2.38. The molecule has 1 aromatic heterocycles. The predicted molar refractivity (Wildman–Crippen MR) is 93.9 cm³/mol. The van der Waals surface area contributed by atoms with Crippen molar-refractivity contribution >= 4 is 11.8 Å². The first-order valence-electron chi connectivity index (χ1n) is 8.95. The standard InChI is InChI=1S/C19H23F2N3O3/c1-12-8-15(23-14(9-22)16(12)17(25)26-3)24-6-4-13(5-7-24)27-11-18(2)10-19(18,20)21/h8,13H,4-7,10-11H2,1-3H3. The molecule has 1 aromatic rings. The van der Waals surface area contributed by atoms with Gasteiger partial charge >= 0.3 is 5.97 Å². The molecule has 0 amide bonds. The molecular weight excluding hydrogens is 356 g/mol. The minimum Gasteiger partial charge on any atom is -0.465 e. The van der Waals surface area contributed by atoms with E-state index in [1.807, 2.05) is 11.0 Å². The Labute approximate surface area is 157 Å². The van der Waals surface area contributed by atoms with Crippen LogP contribution in [-0.4, -0.2) is 49.8 Å². The maximum atomic E-state index is 13.3. The summed E-state index contributed by atoms with van der Waals surface area (Å²) >= 11 is 0. The van der Waals surface area contributed by atoms with E-state index in [0.717, 1.165) is 0 Å². The fourth-order valence-electron chi connectivity index (χ4n) is 3.41. The van der Waals surface area contributed by atoms with E-state index in [4.69, 9.17) is 9.47 Å². The number of pyridine rings is 1. The van der Waals surface area contributed by atoms with Crippen LogP contribution in [-0.2, 0) is 9.47 Å². The van der Waals surface area contributed by atoms with Crippen LogP contribution in [0.1, 0.15) is 47.8 Å². The number of aromatic nitrogens is 1. The third kappa shape index (κ3) is 3.74. The number of nitrogens with zero attached hydrogens (tertiary/aromatic N) is 3. The van der Waals surface area contributed by atoms with Crippen molar-refractivity contribution in [2.75, 3.05) is 31.7 Å². The van der Waals surface area contributed by atoms with Gasteiger partial charge in [-0.05, 0) is 31.4 Å². The molecule has 1 aliphatic heterocycles. The molecule has 0 aromatic carbocycles. The van der Waals surface area contributed by atoms with Crippen molar-refractivity contribution in [2.24, 2.45) is 5.41 Å². The summed E-state index contributed by atoms with van der Waals surface area (Å²) in [6.45, 7) is 4.67. The minimum absolute atomic E-state index is 0.0408. The molecule has 2 heterocycles. The number of carbonyl (C=O) groups is 1. The SMILES string of the molecule is COC(=O)c1c(C)cc(N2CCC(OCC3(C)CC3(F)F)CC2)nc1C#N. The van der Waals surface area contributed by atoms with Crippen LogP contribution in [0.15, 0.2) is 6.07 Å². The number of rotatable bonds is 5. The van der Waals surface area contributed by atoms with Gasteiger partial charge in [-0.15, -0.1) is 0 Å². The van der Waals surface area contributed by atoms with Gasteiger partial charge in [0.1, 0.15) is 11.9 Å². The number of alkyl halides is 2. The zero-order valence-corrected chi connectivity index (χ0v) is 15.7. The van der Waals surface area contributed by atoms with E-state index in [2.05, 4.69) is 4.98 Å². The Kier molecular flexibility index (Phi) is 5.08. The maximum Gasteiger partial charge on any atom is 0.341 e. The fourth-order valence-corrected chi connectivity index (χ4v) is 3.41. The summed E-state index contributed by atoms with van der Waals surface area (Å²) < 4.78 is 37.0. The number of methoxy groups -OCH3 is 1. The number of nitriles is 1. The van der Waals surface area contributed by atoms with E-state index in [0.29, 0.717) is 37.3 Å². The van der Waals surface area contributed by atoms with Gasteiger partial charge in [0, 0.05) is 19.5 Å². The third-order valence-electron chi connectivity index (χ3n) is 5.47. The summed E-state index contributed by atoms with van der Waals surface area (Å²) in [4.78, 5) is 18.2. The average molecular weight is 379 g/mol. The van der Waals surface area contributed by atoms with Crippen LogP contribution < -0.4 is 4.90 Å². The van der Waals surface area contributed by atoms with Gasteiger partial charge in [0.2, 0.25) is 0 Å². The lowest BCUT2D eigenvalue weighted by atomic mass is 10.0. The van der Waals surface area contributed by atoms with Crippen molar-refractivity contribution in [1.82, 2.24) is 4.98 Å². The van der Waals surface area contributed by atoms with Gasteiger partial charge in [-0.25, -0.2) is 18.6 Å². The van der Waals surface area contributed by atoms with Crippen LogP contribution in [0.3, 0.4) is 0 Å². The summed E-state index contributed by atoms with van der Waals surface area (Å²) in [6, 6.07) is 3.72. The number of hydrogen-bond acceptors (Lipinski definition) is 6. The first kappa shape index (κ1) is 19.5. The number of hydrogen-bond donors (Lipinski definition) is 0. The van der Waals surface area contributed by atoms with Crippen molar-refractivity contribution in [3.05, 3.63) is 22.9 Å². The zero-order chi connectivity index (χ0) is 19.8. The Balaban J connectivity index is 1.62. The van der Waals surface area contributed by atoms with Crippen LogP contribution in [0.25, 0.3) is 0 Å². The van der Waals surface area contributed by atoms with E-state index >= 15 is 0 Å². The Morgan fingerprint density at radius 2 is 2.07 bits per heavy atom. The third-order valence-corrected chi connectivity index (χ3v) is 5.47. The van der Waals surface area contributed by atoms with E-state index in [1.54, 1.807) is 19.9 Å². The zero-order valence-electron chi connectivity index (χ0n) is 15.7. The Hall–Kier alpha value is -2.27. The fraction of sp³-hybridized carbons (Fsp3) is 0.632. The molecule has 8 heteroatoms. The van der Waals surface area contributed by atoms with Crippen LogP contribution in [0.4, 0.5) is 14.6 Å². The Bertz CT molecular complexity index is 785. The number of aryl methyl sites for hydroxylation is 1. The summed E-state index contributed by atoms with van der Waals surface area (Å²) in [5.41, 5.74) is -0.167. The monoisotopic (exact) mass is 379 g/mol. The normalized spacial score (nSPS) is 24.4. The highest BCUT2D eigenvalue weighted by Gasteiger charge is 2.68. The molecule has 0 N–H and O–H groups in total. The molecule has 0 bridgehead atoms. The predicted octanol–water partition coefficient (Wildman–Crippen LogP) is 3.08. The van der Waals surface area contributed by atoms with Gasteiger partial charge in [0.15, 0.2) is 5.69 Å². The smallest absolute Gasteiger partial charge is 0.341 e. The molecule has 2 aliphatic rings. The number of carbonyl (C=O) groups excluding carboxylic acids is 1. The summed E-state index contributed by atoms with van der Waals surface area (Å²) in [7, 11) is 1.26. The molecule has 1 saturated heterocycles. The first-order valence-corrected chi connectivity index (χ1v) is 8.95. The summed E-state index contributed by atoms with van der Waals surface area (Å²) in [5.74, 6) is -2.57. The van der Waals surface area contributed by atoms with Gasteiger partial charge in [-0.1, -0.05) is 6.92 Å². The van der Waals surface area contributed by atoms with Crippen molar-refractivity contribution < 1.29 is 23.0 Å². The van der Waals surface area contributed by atoms with Crippen LogP contribution >= 0.6 is 0 Å². The highest BCUT2D eigenvalue weighted by Crippen LogP contribution is 2.60. The molecule has 1 atom stereocenters. The minimum atomic E-state index is -2.61. The lowest BCUT2D eigenvalue weighted by molar-refractivity contribution is -0.0245. The molecule has 0 radical (unpaired) electrons. The summed E-state index contributed by atoms with van der Waals surface area (Å²) in [6.07, 6.45) is 1.23. The second-order valence-corrected chi connectivity index (χ2v) is 7.56. The number of anilines is 1. The second-order valence-electron chi connectivity index (χ2n) is 7.56. The molecule has 0 spiro atoms. The van der Waals surface area contributed by atoms with Crippen molar-refractivity contribution in [1.29, 1.82) is 5.26 Å². The van der Waals surface area contributed by atoms with Gasteiger partial charge in [-0.3, -0.25) is 0 Å². The molecule has 1 saturated carbocycles. The average Bonchev–Trinajstić information content (AvgIpc) is 3.16. The molecule has 3 rings (SSSR count). The van der Waals surface area contributed by atoms with Crippen molar-refractivity contribution in [3.8, 4) is 6.07 Å². The molecule has 27 heavy (non-hydrogen) atoms. The van der Waals surface area contributed by atoms with Gasteiger partial charge in [-0.2, -0.15) is 5.26 Å². The molecular formula is C19H23F2N3O3. The van der Waals surface area contributed by atoms with Gasteiger partial charge < -0.3 is 14.4 Å². The second kappa shape index (κ2) is 7.04. The molecule has 6 nitrogen and oxygen atoms in total. The van der Waals surface area contributed by atoms with E-state index < -0.39 is 17.3 Å².